The fraction of sp³-hybridized carbons (Fsp3) is 0.158. The van der Waals surface area contributed by atoms with Crippen LogP contribution in [0.15, 0.2) is 59.5 Å². The molecule has 1 N–H and O–H groups in total. The number of carbonyl (C=O) groups excluding carboxylic acids is 1. The third-order valence-electron chi connectivity index (χ3n) is 4.07. The molecule has 2 aromatic carbocycles. The van der Waals surface area contributed by atoms with Crippen LogP contribution in [0.25, 0.3) is 5.69 Å². The van der Waals surface area contributed by atoms with Crippen molar-refractivity contribution in [2.24, 2.45) is 0 Å². The van der Waals surface area contributed by atoms with Crippen molar-refractivity contribution in [1.29, 1.82) is 0 Å². The molecular formula is C19H19N3O4S. The first-order chi connectivity index (χ1) is 12.8. The van der Waals surface area contributed by atoms with Gasteiger partial charge in [-0.05, 0) is 38.1 Å². The van der Waals surface area contributed by atoms with Crippen LogP contribution in [0.5, 0.6) is 0 Å². The minimum absolute atomic E-state index is 0.0750. The minimum atomic E-state index is -3.97. The summed E-state index contributed by atoms with van der Waals surface area (Å²) in [6.45, 7) is 3.32. The fourth-order valence-electron chi connectivity index (χ4n) is 2.89. The third-order valence-corrected chi connectivity index (χ3v) is 5.69. The number of nitrogens with one attached hydrogen (secondary N) is 1. The molecule has 3 rings (SSSR count). The van der Waals surface area contributed by atoms with Crippen LogP contribution >= 0.6 is 0 Å². The van der Waals surface area contributed by atoms with Gasteiger partial charge in [0.2, 0.25) is 0 Å². The first-order valence-corrected chi connectivity index (χ1v) is 9.65. The molecule has 140 valence electrons. The summed E-state index contributed by atoms with van der Waals surface area (Å²) in [5.41, 5.74) is 1.88. The highest BCUT2D eigenvalue weighted by Crippen LogP contribution is 2.26. The van der Waals surface area contributed by atoms with Crippen LogP contribution in [0.3, 0.4) is 0 Å². The molecule has 3 aromatic rings. The van der Waals surface area contributed by atoms with Crippen LogP contribution in [0.4, 0.5) is 5.69 Å². The normalized spacial score (nSPS) is 11.2. The molecule has 1 heterocycles. The second-order valence-corrected chi connectivity index (χ2v) is 7.51. The average molecular weight is 385 g/mol. The molecule has 0 bridgehead atoms. The van der Waals surface area contributed by atoms with E-state index in [4.69, 9.17) is 4.74 Å². The smallest absolute Gasteiger partial charge is 0.339 e. The van der Waals surface area contributed by atoms with E-state index >= 15 is 0 Å². The molecule has 0 saturated carbocycles. The van der Waals surface area contributed by atoms with Gasteiger partial charge < -0.3 is 4.74 Å². The van der Waals surface area contributed by atoms with Crippen LogP contribution in [0.2, 0.25) is 0 Å². The van der Waals surface area contributed by atoms with Crippen molar-refractivity contribution < 1.29 is 17.9 Å². The van der Waals surface area contributed by atoms with Crippen LogP contribution in [-0.2, 0) is 14.8 Å². The maximum absolute atomic E-state index is 13.0. The second kappa shape index (κ2) is 7.24. The molecule has 0 aliphatic rings. The number of aryl methyl sites for hydroxylation is 1. The zero-order chi connectivity index (χ0) is 19.6. The summed E-state index contributed by atoms with van der Waals surface area (Å²) in [5.74, 6) is -0.623. The number of anilines is 1. The van der Waals surface area contributed by atoms with Crippen molar-refractivity contribution >= 4 is 21.7 Å². The molecule has 0 aliphatic heterocycles. The van der Waals surface area contributed by atoms with Gasteiger partial charge in [0.05, 0.1) is 35.4 Å². The molecule has 0 saturated heterocycles. The molecule has 0 amide bonds. The number of ether oxygens (including phenoxy) is 1. The Hall–Kier alpha value is -3.13. The van der Waals surface area contributed by atoms with E-state index in [0.29, 0.717) is 11.4 Å². The number of aromatic nitrogens is 2. The molecule has 0 aliphatic carbocycles. The number of esters is 1. The summed E-state index contributed by atoms with van der Waals surface area (Å²) in [5, 5.41) is 4.37. The lowest BCUT2D eigenvalue weighted by Crippen LogP contribution is -2.17. The van der Waals surface area contributed by atoms with Crippen molar-refractivity contribution in [3.8, 4) is 5.69 Å². The molecule has 27 heavy (non-hydrogen) atoms. The Labute approximate surface area is 157 Å². The number of methoxy groups -OCH3 is 1. The Morgan fingerprint density at radius 1 is 1.04 bits per heavy atom. The predicted molar refractivity (Wildman–Crippen MR) is 102 cm³/mol. The summed E-state index contributed by atoms with van der Waals surface area (Å²) >= 11 is 0. The molecule has 0 radical (unpaired) electrons. The summed E-state index contributed by atoms with van der Waals surface area (Å²) < 4.78 is 34.8. The van der Waals surface area contributed by atoms with Gasteiger partial charge in [-0.3, -0.25) is 4.72 Å². The van der Waals surface area contributed by atoms with Gasteiger partial charge >= 0.3 is 5.97 Å². The number of hydrogen-bond acceptors (Lipinski definition) is 5. The van der Waals surface area contributed by atoms with Crippen LogP contribution < -0.4 is 4.72 Å². The number of sulfonamides is 1. The highest BCUT2D eigenvalue weighted by Gasteiger charge is 2.26. The van der Waals surface area contributed by atoms with E-state index in [2.05, 4.69) is 9.82 Å². The Balaban J connectivity index is 2.05. The molecule has 1 aromatic heterocycles. The lowest BCUT2D eigenvalue weighted by molar-refractivity contribution is 0.0602. The Morgan fingerprint density at radius 2 is 1.67 bits per heavy atom. The SMILES string of the molecule is COC(=O)c1ccccc1NS(=O)(=O)c1c(C)nn(-c2ccccc2)c1C. The first kappa shape index (κ1) is 18.7. The highest BCUT2D eigenvalue weighted by atomic mass is 32.2. The number of nitrogens with zero attached hydrogens (tertiary/aromatic N) is 2. The van der Waals surface area contributed by atoms with Crippen molar-refractivity contribution in [1.82, 2.24) is 9.78 Å². The Bertz CT molecular complexity index is 1090. The van der Waals surface area contributed by atoms with E-state index in [1.807, 2.05) is 30.3 Å². The summed E-state index contributed by atoms with van der Waals surface area (Å²) in [6.07, 6.45) is 0. The molecule has 0 spiro atoms. The molecule has 0 fully saturated rings. The minimum Gasteiger partial charge on any atom is -0.465 e. The van der Waals surface area contributed by atoms with E-state index in [0.717, 1.165) is 5.69 Å². The Morgan fingerprint density at radius 3 is 2.33 bits per heavy atom. The average Bonchev–Trinajstić information content (AvgIpc) is 2.97. The van der Waals surface area contributed by atoms with Crippen molar-refractivity contribution in [2.75, 3.05) is 11.8 Å². The van der Waals surface area contributed by atoms with Gasteiger partial charge in [0, 0.05) is 0 Å². The van der Waals surface area contributed by atoms with Gasteiger partial charge in [-0.15, -0.1) is 0 Å². The third kappa shape index (κ3) is 3.56. The van der Waals surface area contributed by atoms with E-state index in [9.17, 15) is 13.2 Å². The number of hydrogen-bond donors (Lipinski definition) is 1. The van der Waals surface area contributed by atoms with Gasteiger partial charge in [0.15, 0.2) is 0 Å². The molecule has 0 atom stereocenters. The van der Waals surface area contributed by atoms with Gasteiger partial charge in [-0.2, -0.15) is 5.10 Å². The molecule has 7 nitrogen and oxygen atoms in total. The topological polar surface area (TPSA) is 90.3 Å². The zero-order valence-electron chi connectivity index (χ0n) is 15.1. The summed E-state index contributed by atoms with van der Waals surface area (Å²) in [6, 6.07) is 15.5. The quantitative estimate of drug-likeness (QED) is 0.682. The fourth-order valence-corrected chi connectivity index (χ4v) is 4.37. The van der Waals surface area contributed by atoms with Gasteiger partial charge in [0.25, 0.3) is 10.0 Å². The standard InChI is InChI=1S/C19H19N3O4S/c1-13-18(14(2)22(20-13)15-9-5-4-6-10-15)27(24,25)21-17-12-8-7-11-16(17)19(23)26-3/h4-12,21H,1-3H3. The number of benzene rings is 2. The highest BCUT2D eigenvalue weighted by molar-refractivity contribution is 7.92. The van der Waals surface area contributed by atoms with E-state index in [-0.39, 0.29) is 16.1 Å². The zero-order valence-corrected chi connectivity index (χ0v) is 15.9. The number of para-hydroxylation sites is 2. The monoisotopic (exact) mass is 385 g/mol. The van der Waals surface area contributed by atoms with Crippen LogP contribution in [-0.4, -0.2) is 31.3 Å². The second-order valence-electron chi connectivity index (χ2n) is 5.89. The summed E-state index contributed by atoms with van der Waals surface area (Å²) in [4.78, 5) is 12.0. The van der Waals surface area contributed by atoms with Gasteiger partial charge in [-0.1, -0.05) is 30.3 Å². The molecule has 0 unspecified atom stereocenters. The number of carbonyl (C=O) groups is 1. The van der Waals surface area contributed by atoms with E-state index < -0.39 is 16.0 Å². The summed E-state index contributed by atoms with van der Waals surface area (Å²) in [7, 11) is -2.73. The van der Waals surface area contributed by atoms with Gasteiger partial charge in [-0.25, -0.2) is 17.9 Å². The predicted octanol–water partition coefficient (Wildman–Crippen LogP) is 3.08. The van der Waals surface area contributed by atoms with Crippen LogP contribution in [0.1, 0.15) is 21.7 Å². The van der Waals surface area contributed by atoms with Gasteiger partial charge in [0.1, 0.15) is 4.90 Å². The first-order valence-electron chi connectivity index (χ1n) is 8.17. The van der Waals surface area contributed by atoms with Crippen molar-refractivity contribution in [3.63, 3.8) is 0 Å². The van der Waals surface area contributed by atoms with E-state index in [1.54, 1.807) is 30.7 Å². The Kier molecular flexibility index (Phi) is 5.00. The number of rotatable bonds is 5. The lowest BCUT2D eigenvalue weighted by atomic mass is 10.2. The maximum Gasteiger partial charge on any atom is 0.339 e. The maximum atomic E-state index is 13.0. The lowest BCUT2D eigenvalue weighted by Gasteiger charge is -2.12. The largest absolute Gasteiger partial charge is 0.465 e. The van der Waals surface area contributed by atoms with Crippen LogP contribution in [0, 0.1) is 13.8 Å². The van der Waals surface area contributed by atoms with E-state index in [1.165, 1.54) is 19.2 Å². The molecular weight excluding hydrogens is 366 g/mol. The van der Waals surface area contributed by atoms with Crippen molar-refractivity contribution in [3.05, 3.63) is 71.5 Å². The van der Waals surface area contributed by atoms with Crippen molar-refractivity contribution in [2.45, 2.75) is 18.7 Å². The molecule has 8 heteroatoms.